The van der Waals surface area contributed by atoms with Gasteiger partial charge in [-0.05, 0) is 56.9 Å². The molecule has 5 nitrogen and oxygen atoms in total. The van der Waals surface area contributed by atoms with Crippen molar-refractivity contribution >= 4 is 15.7 Å². The van der Waals surface area contributed by atoms with E-state index in [0.717, 1.165) is 31.9 Å². The second kappa shape index (κ2) is 7.24. The average Bonchev–Trinajstić information content (AvgIpc) is 2.45. The first kappa shape index (κ1) is 16.3. The van der Waals surface area contributed by atoms with Crippen LogP contribution in [-0.2, 0) is 14.8 Å². The van der Waals surface area contributed by atoms with Crippen LogP contribution in [0.5, 0.6) is 0 Å². The van der Waals surface area contributed by atoms with E-state index in [1.807, 2.05) is 0 Å². The highest BCUT2D eigenvalue weighted by atomic mass is 32.2. The van der Waals surface area contributed by atoms with Gasteiger partial charge in [0.2, 0.25) is 10.0 Å². The lowest BCUT2D eigenvalue weighted by Crippen LogP contribution is -2.30. The van der Waals surface area contributed by atoms with E-state index in [-0.39, 0.29) is 6.04 Å². The van der Waals surface area contributed by atoms with Crippen molar-refractivity contribution in [1.82, 2.24) is 4.72 Å². The van der Waals surface area contributed by atoms with Crippen molar-refractivity contribution < 1.29 is 13.2 Å². The fourth-order valence-corrected chi connectivity index (χ4v) is 3.61. The summed E-state index contributed by atoms with van der Waals surface area (Å²) in [7, 11) is -3.41. The topological polar surface area (TPSA) is 67.4 Å². The number of hydrogen-bond acceptors (Lipinski definition) is 4. The molecule has 6 heteroatoms. The Bertz CT molecular complexity index is 535. The highest BCUT2D eigenvalue weighted by Gasteiger charge is 2.16. The van der Waals surface area contributed by atoms with Crippen LogP contribution in [0, 0.1) is 5.92 Å². The molecule has 2 rings (SSSR count). The zero-order valence-electron chi connectivity index (χ0n) is 12.6. The first-order valence-corrected chi connectivity index (χ1v) is 8.90. The number of rotatable bonds is 6. The molecule has 1 atom stereocenters. The number of nitrogens with one attached hydrogen (secondary N) is 2. The van der Waals surface area contributed by atoms with Crippen LogP contribution in [0.4, 0.5) is 5.69 Å². The lowest BCUT2D eigenvalue weighted by Gasteiger charge is -2.22. The van der Waals surface area contributed by atoms with Crippen molar-refractivity contribution in [2.75, 3.05) is 25.1 Å². The van der Waals surface area contributed by atoms with Gasteiger partial charge in [-0.2, -0.15) is 0 Å². The fourth-order valence-electron chi connectivity index (χ4n) is 2.36. The predicted molar refractivity (Wildman–Crippen MR) is 83.9 cm³/mol. The molecule has 1 heterocycles. The zero-order valence-corrected chi connectivity index (χ0v) is 13.4. The van der Waals surface area contributed by atoms with Gasteiger partial charge in [0.15, 0.2) is 0 Å². The van der Waals surface area contributed by atoms with Gasteiger partial charge in [-0.25, -0.2) is 13.1 Å². The van der Waals surface area contributed by atoms with Crippen LogP contribution in [0.25, 0.3) is 0 Å². The van der Waals surface area contributed by atoms with Gasteiger partial charge in [0.1, 0.15) is 0 Å². The number of ether oxygens (including phenoxy) is 1. The summed E-state index contributed by atoms with van der Waals surface area (Å²) in [4.78, 5) is 0.294. The molecule has 1 aliphatic rings. The quantitative estimate of drug-likeness (QED) is 0.845. The SMILES string of the molecule is CC(C)NS(=O)(=O)c1ccc(NCC2CCCOC2)cc1. The molecule has 1 aliphatic heterocycles. The summed E-state index contributed by atoms with van der Waals surface area (Å²) < 4.78 is 32.0. The maximum Gasteiger partial charge on any atom is 0.240 e. The van der Waals surface area contributed by atoms with Crippen molar-refractivity contribution in [1.29, 1.82) is 0 Å². The van der Waals surface area contributed by atoms with E-state index < -0.39 is 10.0 Å². The van der Waals surface area contributed by atoms with Gasteiger partial charge < -0.3 is 10.1 Å². The van der Waals surface area contributed by atoms with Gasteiger partial charge in [-0.3, -0.25) is 0 Å². The summed E-state index contributed by atoms with van der Waals surface area (Å²) >= 11 is 0. The highest BCUT2D eigenvalue weighted by Crippen LogP contribution is 2.17. The summed E-state index contributed by atoms with van der Waals surface area (Å²) in [6, 6.07) is 6.76. The number of hydrogen-bond donors (Lipinski definition) is 2. The molecule has 0 aliphatic carbocycles. The largest absolute Gasteiger partial charge is 0.385 e. The predicted octanol–water partition coefficient (Wildman–Crippen LogP) is 2.21. The minimum absolute atomic E-state index is 0.112. The maximum absolute atomic E-state index is 12.0. The smallest absolute Gasteiger partial charge is 0.240 e. The second-order valence-electron chi connectivity index (χ2n) is 5.76. The van der Waals surface area contributed by atoms with E-state index in [2.05, 4.69) is 10.0 Å². The molecule has 1 fully saturated rings. The number of anilines is 1. The normalized spacial score (nSPS) is 19.7. The minimum atomic E-state index is -3.41. The van der Waals surface area contributed by atoms with Crippen LogP contribution < -0.4 is 10.0 Å². The molecule has 2 N–H and O–H groups in total. The molecule has 0 amide bonds. The molecule has 1 saturated heterocycles. The first-order valence-electron chi connectivity index (χ1n) is 7.41. The Morgan fingerprint density at radius 1 is 1.29 bits per heavy atom. The highest BCUT2D eigenvalue weighted by molar-refractivity contribution is 7.89. The van der Waals surface area contributed by atoms with E-state index >= 15 is 0 Å². The van der Waals surface area contributed by atoms with Crippen LogP contribution in [0.15, 0.2) is 29.2 Å². The molecule has 1 unspecified atom stereocenters. The zero-order chi connectivity index (χ0) is 15.3. The van der Waals surface area contributed by atoms with E-state index in [9.17, 15) is 8.42 Å². The standard InChI is InChI=1S/C15H24N2O3S/c1-12(2)17-21(18,19)15-7-5-14(6-8-15)16-10-13-4-3-9-20-11-13/h5-8,12-13,16-17H,3-4,9-11H2,1-2H3. The monoisotopic (exact) mass is 312 g/mol. The minimum Gasteiger partial charge on any atom is -0.385 e. The van der Waals surface area contributed by atoms with E-state index in [1.54, 1.807) is 38.1 Å². The third-order valence-electron chi connectivity index (χ3n) is 3.40. The van der Waals surface area contributed by atoms with Gasteiger partial charge in [-0.1, -0.05) is 0 Å². The molecule has 0 saturated carbocycles. The molecule has 0 spiro atoms. The van der Waals surface area contributed by atoms with Crippen LogP contribution >= 0.6 is 0 Å². The van der Waals surface area contributed by atoms with Crippen molar-refractivity contribution in [2.24, 2.45) is 5.92 Å². The molecule has 0 bridgehead atoms. The van der Waals surface area contributed by atoms with Gasteiger partial charge in [-0.15, -0.1) is 0 Å². The molecule has 1 aromatic carbocycles. The van der Waals surface area contributed by atoms with Gasteiger partial charge in [0.05, 0.1) is 11.5 Å². The summed E-state index contributed by atoms with van der Waals surface area (Å²) in [6.45, 7) is 6.14. The van der Waals surface area contributed by atoms with Gasteiger partial charge >= 0.3 is 0 Å². The van der Waals surface area contributed by atoms with Crippen LogP contribution in [0.3, 0.4) is 0 Å². The van der Waals surface area contributed by atoms with Crippen LogP contribution in [-0.4, -0.2) is 34.2 Å². The average molecular weight is 312 g/mol. The lowest BCUT2D eigenvalue weighted by molar-refractivity contribution is 0.0595. The molecule has 1 aromatic rings. The fraction of sp³-hybridized carbons (Fsp3) is 0.600. The third-order valence-corrected chi connectivity index (χ3v) is 5.08. The van der Waals surface area contributed by atoms with Crippen LogP contribution in [0.1, 0.15) is 26.7 Å². The lowest BCUT2D eigenvalue weighted by atomic mass is 10.0. The van der Waals surface area contributed by atoms with E-state index in [1.165, 1.54) is 6.42 Å². The Morgan fingerprint density at radius 3 is 2.57 bits per heavy atom. The van der Waals surface area contributed by atoms with Gasteiger partial charge in [0, 0.05) is 24.9 Å². The Kier molecular flexibility index (Phi) is 5.61. The Morgan fingerprint density at radius 2 is 2.00 bits per heavy atom. The second-order valence-corrected chi connectivity index (χ2v) is 7.48. The number of sulfonamides is 1. The summed E-state index contributed by atoms with van der Waals surface area (Å²) in [6.07, 6.45) is 2.29. The third kappa shape index (κ3) is 4.98. The molecule has 0 radical (unpaired) electrons. The molecular formula is C15H24N2O3S. The number of benzene rings is 1. The first-order chi connectivity index (χ1) is 9.97. The van der Waals surface area contributed by atoms with Crippen molar-refractivity contribution in [3.8, 4) is 0 Å². The van der Waals surface area contributed by atoms with Crippen molar-refractivity contribution in [2.45, 2.75) is 37.6 Å². The Hall–Kier alpha value is -1.11. The maximum atomic E-state index is 12.0. The van der Waals surface area contributed by atoms with E-state index in [0.29, 0.717) is 10.8 Å². The molecule has 118 valence electrons. The van der Waals surface area contributed by atoms with Gasteiger partial charge in [0.25, 0.3) is 0 Å². The summed E-state index contributed by atoms with van der Waals surface area (Å²) in [5, 5.41) is 3.34. The Balaban J connectivity index is 1.92. The summed E-state index contributed by atoms with van der Waals surface area (Å²) in [5.41, 5.74) is 0.934. The van der Waals surface area contributed by atoms with Crippen molar-refractivity contribution in [3.05, 3.63) is 24.3 Å². The summed E-state index contributed by atoms with van der Waals surface area (Å²) in [5.74, 6) is 0.532. The molecule has 0 aromatic heterocycles. The van der Waals surface area contributed by atoms with Crippen LogP contribution in [0.2, 0.25) is 0 Å². The Labute approximate surface area is 127 Å². The van der Waals surface area contributed by atoms with Crippen molar-refractivity contribution in [3.63, 3.8) is 0 Å². The van der Waals surface area contributed by atoms with E-state index in [4.69, 9.17) is 4.74 Å². The molecule has 21 heavy (non-hydrogen) atoms. The molecular weight excluding hydrogens is 288 g/mol.